The number of piperazine rings is 1. The number of aryl methyl sites for hydroxylation is 1. The maximum absolute atomic E-state index is 12.8. The van der Waals surface area contributed by atoms with Gasteiger partial charge in [-0.1, -0.05) is 18.2 Å². The smallest absolute Gasteiger partial charge is 0.306 e. The molecule has 1 aliphatic heterocycles. The van der Waals surface area contributed by atoms with E-state index in [2.05, 4.69) is 10.4 Å². The summed E-state index contributed by atoms with van der Waals surface area (Å²) in [6, 6.07) is 7.57. The summed E-state index contributed by atoms with van der Waals surface area (Å²) in [5, 5.41) is 18.0. The summed E-state index contributed by atoms with van der Waals surface area (Å²) >= 11 is 0. The van der Waals surface area contributed by atoms with E-state index >= 15 is 0 Å². The number of hydrogen-bond donors (Lipinski definition) is 1. The molecule has 1 fully saturated rings. The van der Waals surface area contributed by atoms with E-state index in [9.17, 15) is 14.9 Å². The zero-order valence-electron chi connectivity index (χ0n) is 14.5. The fraction of sp³-hybridized carbons (Fsp3) is 0.412. The fourth-order valence-corrected chi connectivity index (χ4v) is 3.15. The number of amides is 1. The van der Waals surface area contributed by atoms with Crippen LogP contribution in [0.4, 0.5) is 5.69 Å². The Hall–Kier alpha value is -2.94. The van der Waals surface area contributed by atoms with Gasteiger partial charge in [0, 0.05) is 38.2 Å². The van der Waals surface area contributed by atoms with Crippen LogP contribution in [0.15, 0.2) is 36.7 Å². The van der Waals surface area contributed by atoms with Gasteiger partial charge < -0.3 is 15.0 Å². The van der Waals surface area contributed by atoms with E-state index in [1.54, 1.807) is 7.11 Å². The summed E-state index contributed by atoms with van der Waals surface area (Å²) in [4.78, 5) is 24.8. The first-order chi connectivity index (χ1) is 12.6. The second-order valence-electron chi connectivity index (χ2n) is 6.02. The monoisotopic (exact) mass is 359 g/mol. The van der Waals surface area contributed by atoms with Gasteiger partial charge in [0.2, 0.25) is 5.91 Å². The van der Waals surface area contributed by atoms with Crippen molar-refractivity contribution in [1.29, 1.82) is 0 Å². The van der Waals surface area contributed by atoms with E-state index in [0.717, 1.165) is 17.9 Å². The van der Waals surface area contributed by atoms with Crippen LogP contribution in [0.1, 0.15) is 18.0 Å². The van der Waals surface area contributed by atoms with E-state index in [0.29, 0.717) is 19.6 Å². The molecule has 1 aromatic carbocycles. The highest BCUT2D eigenvalue weighted by atomic mass is 16.6. The average molecular weight is 359 g/mol. The summed E-state index contributed by atoms with van der Waals surface area (Å²) in [7, 11) is 1.62. The van der Waals surface area contributed by atoms with Gasteiger partial charge in [-0.2, -0.15) is 5.10 Å². The Bertz CT molecular complexity index is 791. The molecule has 0 bridgehead atoms. The number of nitrogens with one attached hydrogen (secondary N) is 1. The van der Waals surface area contributed by atoms with Gasteiger partial charge in [0.05, 0.1) is 18.1 Å². The van der Waals surface area contributed by atoms with Crippen LogP contribution < -0.4 is 10.1 Å². The number of para-hydroxylation sites is 1. The van der Waals surface area contributed by atoms with Gasteiger partial charge in [0.25, 0.3) is 0 Å². The normalized spacial score (nSPS) is 17.1. The van der Waals surface area contributed by atoms with Gasteiger partial charge in [-0.15, -0.1) is 0 Å². The molecule has 1 unspecified atom stereocenters. The summed E-state index contributed by atoms with van der Waals surface area (Å²) < 4.78 is 6.86. The second-order valence-corrected chi connectivity index (χ2v) is 6.02. The van der Waals surface area contributed by atoms with Crippen LogP contribution in [-0.4, -0.2) is 52.3 Å². The number of carbonyl (C=O) groups is 1. The van der Waals surface area contributed by atoms with Crippen LogP contribution in [0.3, 0.4) is 0 Å². The number of aromatic nitrogens is 2. The summed E-state index contributed by atoms with van der Waals surface area (Å²) in [6.07, 6.45) is 2.75. The van der Waals surface area contributed by atoms with Crippen molar-refractivity contribution in [2.75, 3.05) is 26.7 Å². The molecule has 0 aliphatic carbocycles. The minimum atomic E-state index is -0.501. The molecule has 9 heteroatoms. The Morgan fingerprint density at radius 2 is 2.27 bits per heavy atom. The van der Waals surface area contributed by atoms with E-state index < -0.39 is 4.92 Å². The first kappa shape index (κ1) is 17.9. The highest BCUT2D eigenvalue weighted by Crippen LogP contribution is 2.30. The third-order valence-corrected chi connectivity index (χ3v) is 4.45. The van der Waals surface area contributed by atoms with Gasteiger partial charge in [-0.3, -0.25) is 19.6 Å². The quantitative estimate of drug-likeness (QED) is 0.617. The summed E-state index contributed by atoms with van der Waals surface area (Å²) in [6.45, 7) is 2.28. The van der Waals surface area contributed by atoms with Crippen LogP contribution in [0.25, 0.3) is 0 Å². The Kier molecular flexibility index (Phi) is 5.47. The molecule has 0 saturated carbocycles. The molecule has 0 radical (unpaired) electrons. The zero-order valence-corrected chi connectivity index (χ0v) is 14.5. The van der Waals surface area contributed by atoms with E-state index in [4.69, 9.17) is 4.74 Å². The van der Waals surface area contributed by atoms with Crippen molar-refractivity contribution in [1.82, 2.24) is 20.0 Å². The van der Waals surface area contributed by atoms with E-state index in [1.807, 2.05) is 29.2 Å². The molecule has 138 valence electrons. The van der Waals surface area contributed by atoms with Crippen molar-refractivity contribution >= 4 is 11.6 Å². The topological polar surface area (TPSA) is 103 Å². The lowest BCUT2D eigenvalue weighted by molar-refractivity contribution is -0.385. The molecule has 9 nitrogen and oxygen atoms in total. The molecule has 3 rings (SSSR count). The molecule has 1 atom stereocenters. The van der Waals surface area contributed by atoms with E-state index in [-0.39, 0.29) is 24.1 Å². The highest BCUT2D eigenvalue weighted by molar-refractivity contribution is 5.77. The molecule has 0 spiro atoms. The number of rotatable bonds is 6. The molecular formula is C17H21N5O4. The Balaban J connectivity index is 1.70. The lowest BCUT2D eigenvalue weighted by Crippen LogP contribution is -2.49. The predicted octanol–water partition coefficient (Wildman–Crippen LogP) is 1.36. The first-order valence-electron chi connectivity index (χ1n) is 8.40. The number of hydrogen-bond acceptors (Lipinski definition) is 6. The minimum Gasteiger partial charge on any atom is -0.496 e. The van der Waals surface area contributed by atoms with Crippen LogP contribution in [0, 0.1) is 10.1 Å². The van der Waals surface area contributed by atoms with Crippen molar-refractivity contribution in [3.63, 3.8) is 0 Å². The van der Waals surface area contributed by atoms with Crippen LogP contribution in [-0.2, 0) is 11.3 Å². The maximum atomic E-state index is 12.8. The fourth-order valence-electron chi connectivity index (χ4n) is 3.15. The first-order valence-corrected chi connectivity index (χ1v) is 8.40. The standard InChI is InChI=1S/C17H21N5O4/c1-26-16-5-3-2-4-14(16)15-11-18-7-9-21(15)17(23)6-8-20-12-13(10-19-20)22(24)25/h2-5,10,12,15,18H,6-9,11H2,1H3. The van der Waals surface area contributed by atoms with Crippen LogP contribution >= 0.6 is 0 Å². The van der Waals surface area contributed by atoms with Gasteiger partial charge in [0.15, 0.2) is 0 Å². The largest absolute Gasteiger partial charge is 0.496 e. The Morgan fingerprint density at radius 1 is 1.46 bits per heavy atom. The molecule has 1 amide bonds. The molecule has 2 aromatic rings. The number of ether oxygens (including phenoxy) is 1. The van der Waals surface area contributed by atoms with Crippen molar-refractivity contribution in [3.8, 4) is 5.75 Å². The van der Waals surface area contributed by atoms with Gasteiger partial charge in [0.1, 0.15) is 18.1 Å². The predicted molar refractivity (Wildman–Crippen MR) is 93.8 cm³/mol. The van der Waals surface area contributed by atoms with Crippen molar-refractivity contribution in [2.24, 2.45) is 0 Å². The van der Waals surface area contributed by atoms with Crippen molar-refractivity contribution in [3.05, 3.63) is 52.3 Å². The van der Waals surface area contributed by atoms with Crippen molar-refractivity contribution < 1.29 is 14.5 Å². The third kappa shape index (κ3) is 3.83. The highest BCUT2D eigenvalue weighted by Gasteiger charge is 2.29. The molecule has 1 aliphatic rings. The number of carbonyl (C=O) groups excluding carboxylic acids is 1. The van der Waals surface area contributed by atoms with Gasteiger partial charge in [-0.25, -0.2) is 0 Å². The second kappa shape index (κ2) is 7.96. The molecule has 2 heterocycles. The third-order valence-electron chi connectivity index (χ3n) is 4.45. The van der Waals surface area contributed by atoms with Gasteiger partial charge in [-0.05, 0) is 6.07 Å². The lowest BCUT2D eigenvalue weighted by atomic mass is 10.0. The molecular weight excluding hydrogens is 338 g/mol. The summed E-state index contributed by atoms with van der Waals surface area (Å²) in [5.41, 5.74) is 0.886. The number of benzene rings is 1. The van der Waals surface area contributed by atoms with Crippen molar-refractivity contribution in [2.45, 2.75) is 19.0 Å². The molecule has 1 N–H and O–H groups in total. The Morgan fingerprint density at radius 3 is 3.00 bits per heavy atom. The number of nitro groups is 1. The van der Waals surface area contributed by atoms with Gasteiger partial charge >= 0.3 is 5.69 Å². The molecule has 1 aromatic heterocycles. The van der Waals surface area contributed by atoms with Crippen LogP contribution in [0.2, 0.25) is 0 Å². The maximum Gasteiger partial charge on any atom is 0.306 e. The zero-order chi connectivity index (χ0) is 18.5. The number of nitrogens with zero attached hydrogens (tertiary/aromatic N) is 4. The lowest BCUT2D eigenvalue weighted by Gasteiger charge is -2.37. The minimum absolute atomic E-state index is 0.0134. The SMILES string of the molecule is COc1ccccc1C1CNCCN1C(=O)CCn1cc([N+](=O)[O-])cn1. The molecule has 1 saturated heterocycles. The molecule has 26 heavy (non-hydrogen) atoms. The number of methoxy groups -OCH3 is 1. The van der Waals surface area contributed by atoms with Crippen LogP contribution in [0.5, 0.6) is 5.75 Å². The average Bonchev–Trinajstić information content (AvgIpc) is 3.15. The summed E-state index contributed by atoms with van der Waals surface area (Å²) in [5.74, 6) is 0.738. The van der Waals surface area contributed by atoms with E-state index in [1.165, 1.54) is 17.1 Å². The Labute approximate surface area is 150 Å².